The minimum Gasteiger partial charge on any atom is -0.480 e. The van der Waals surface area contributed by atoms with Gasteiger partial charge in [0, 0.05) is 0 Å². The average Bonchev–Trinajstić information content (AvgIpc) is 2.23. The molecule has 0 aliphatic carbocycles. The summed E-state index contributed by atoms with van der Waals surface area (Å²) < 4.78 is 0. The van der Waals surface area contributed by atoms with E-state index in [9.17, 15) is 4.79 Å². The van der Waals surface area contributed by atoms with Crippen LogP contribution in [0, 0.1) is 34.6 Å². The van der Waals surface area contributed by atoms with Gasteiger partial charge < -0.3 is 10.8 Å². The van der Waals surface area contributed by atoms with Crippen LogP contribution < -0.4 is 5.73 Å². The molecule has 0 amide bonds. The van der Waals surface area contributed by atoms with Crippen LogP contribution in [0.1, 0.15) is 39.4 Å². The Balaban J connectivity index is 3.57. The molecule has 0 fully saturated rings. The van der Waals surface area contributed by atoms with Crippen molar-refractivity contribution in [2.75, 3.05) is 0 Å². The summed E-state index contributed by atoms with van der Waals surface area (Å²) in [4.78, 5) is 11.0. The summed E-state index contributed by atoms with van der Waals surface area (Å²) >= 11 is 0. The van der Waals surface area contributed by atoms with Crippen molar-refractivity contribution in [1.29, 1.82) is 0 Å². The molecule has 1 atom stereocenters. The van der Waals surface area contributed by atoms with Crippen molar-refractivity contribution in [2.24, 2.45) is 5.73 Å². The SMILES string of the molecule is Cc1c(C)c(C)c([C@H](N)C(=O)O)c(C)c1C. The van der Waals surface area contributed by atoms with Crippen LogP contribution in [0.2, 0.25) is 0 Å². The lowest BCUT2D eigenvalue weighted by Gasteiger charge is -2.20. The maximum absolute atomic E-state index is 11.0. The van der Waals surface area contributed by atoms with Gasteiger partial charge in [-0.1, -0.05) is 0 Å². The van der Waals surface area contributed by atoms with Gasteiger partial charge in [-0.25, -0.2) is 0 Å². The fourth-order valence-corrected chi connectivity index (χ4v) is 2.12. The molecular formula is C13H19NO2. The van der Waals surface area contributed by atoms with Gasteiger partial charge in [-0.3, -0.25) is 4.79 Å². The Hall–Kier alpha value is -1.35. The molecule has 0 heterocycles. The molecule has 3 heteroatoms. The van der Waals surface area contributed by atoms with E-state index in [-0.39, 0.29) is 0 Å². The smallest absolute Gasteiger partial charge is 0.325 e. The second kappa shape index (κ2) is 4.26. The number of hydrogen-bond acceptors (Lipinski definition) is 2. The Morgan fingerprint density at radius 3 is 1.56 bits per heavy atom. The Bertz CT molecular complexity index is 421. The van der Waals surface area contributed by atoms with Crippen molar-refractivity contribution in [3.8, 4) is 0 Å². The summed E-state index contributed by atoms with van der Waals surface area (Å²) in [7, 11) is 0. The molecule has 0 unspecified atom stereocenters. The van der Waals surface area contributed by atoms with Crippen molar-refractivity contribution < 1.29 is 9.90 Å². The zero-order valence-corrected chi connectivity index (χ0v) is 10.5. The summed E-state index contributed by atoms with van der Waals surface area (Å²) in [5.74, 6) is -0.978. The van der Waals surface area contributed by atoms with E-state index in [1.54, 1.807) is 0 Å². The van der Waals surface area contributed by atoms with Crippen molar-refractivity contribution in [1.82, 2.24) is 0 Å². The third-order valence-electron chi connectivity index (χ3n) is 3.64. The number of hydrogen-bond donors (Lipinski definition) is 2. The molecule has 0 spiro atoms. The Kier molecular flexibility index (Phi) is 3.38. The van der Waals surface area contributed by atoms with E-state index in [1.165, 1.54) is 5.56 Å². The number of nitrogens with two attached hydrogens (primary N) is 1. The standard InChI is InChI=1S/C13H19NO2/c1-6-7(2)9(4)11(10(5)8(6)3)12(14)13(15)16/h12H,14H2,1-5H3,(H,15,16)/t12-/m0/s1. The van der Waals surface area contributed by atoms with Gasteiger partial charge in [-0.15, -0.1) is 0 Å². The maximum atomic E-state index is 11.0. The zero-order valence-electron chi connectivity index (χ0n) is 10.5. The van der Waals surface area contributed by atoms with Crippen molar-refractivity contribution in [3.05, 3.63) is 33.4 Å². The lowest BCUT2D eigenvalue weighted by molar-refractivity contribution is -0.138. The topological polar surface area (TPSA) is 63.3 Å². The Morgan fingerprint density at radius 2 is 1.25 bits per heavy atom. The van der Waals surface area contributed by atoms with Gasteiger partial charge in [-0.2, -0.15) is 0 Å². The molecule has 0 saturated carbocycles. The lowest BCUT2D eigenvalue weighted by atomic mass is 9.86. The second-order valence-electron chi connectivity index (χ2n) is 4.35. The van der Waals surface area contributed by atoms with Crippen LogP contribution in [-0.2, 0) is 4.79 Å². The van der Waals surface area contributed by atoms with Crippen LogP contribution in [0.4, 0.5) is 0 Å². The largest absolute Gasteiger partial charge is 0.480 e. The van der Waals surface area contributed by atoms with Crippen LogP contribution in [0.15, 0.2) is 0 Å². The molecular weight excluding hydrogens is 202 g/mol. The van der Waals surface area contributed by atoms with Crippen LogP contribution in [0.3, 0.4) is 0 Å². The van der Waals surface area contributed by atoms with E-state index in [2.05, 4.69) is 6.92 Å². The van der Waals surface area contributed by atoms with E-state index in [0.29, 0.717) is 0 Å². The number of benzene rings is 1. The second-order valence-corrected chi connectivity index (χ2v) is 4.35. The molecule has 1 aromatic rings. The first-order valence-electron chi connectivity index (χ1n) is 5.34. The first kappa shape index (κ1) is 12.7. The average molecular weight is 221 g/mol. The van der Waals surface area contributed by atoms with Gasteiger partial charge in [0.2, 0.25) is 0 Å². The third-order valence-corrected chi connectivity index (χ3v) is 3.64. The molecule has 16 heavy (non-hydrogen) atoms. The Morgan fingerprint density at radius 1 is 0.938 bits per heavy atom. The molecule has 0 aliphatic heterocycles. The molecule has 1 rings (SSSR count). The molecule has 88 valence electrons. The molecule has 0 aromatic heterocycles. The van der Waals surface area contributed by atoms with Crippen LogP contribution in [-0.4, -0.2) is 11.1 Å². The molecule has 0 saturated heterocycles. The predicted octanol–water partition coefficient (Wildman–Crippen LogP) is 2.31. The maximum Gasteiger partial charge on any atom is 0.325 e. The van der Waals surface area contributed by atoms with Crippen LogP contribution in [0.5, 0.6) is 0 Å². The number of carbonyl (C=O) groups is 1. The highest BCUT2D eigenvalue weighted by Gasteiger charge is 2.22. The number of carboxylic acids is 1. The fraction of sp³-hybridized carbons (Fsp3) is 0.462. The first-order chi connectivity index (χ1) is 7.29. The minimum atomic E-state index is -0.978. The van der Waals surface area contributed by atoms with Gasteiger partial charge in [-0.05, 0) is 68.0 Å². The summed E-state index contributed by atoms with van der Waals surface area (Å²) in [6, 6.07) is -0.932. The van der Waals surface area contributed by atoms with E-state index in [4.69, 9.17) is 10.8 Å². The van der Waals surface area contributed by atoms with Gasteiger partial charge in [0.05, 0.1) is 0 Å². The lowest BCUT2D eigenvalue weighted by Crippen LogP contribution is -2.23. The third kappa shape index (κ3) is 1.83. The summed E-state index contributed by atoms with van der Waals surface area (Å²) in [6.45, 7) is 9.95. The molecule has 0 radical (unpaired) electrons. The summed E-state index contributed by atoms with van der Waals surface area (Å²) in [6.07, 6.45) is 0. The van der Waals surface area contributed by atoms with E-state index < -0.39 is 12.0 Å². The highest BCUT2D eigenvalue weighted by molar-refractivity contribution is 5.77. The van der Waals surface area contributed by atoms with Gasteiger partial charge in [0.1, 0.15) is 6.04 Å². The molecule has 0 bridgehead atoms. The molecule has 3 nitrogen and oxygen atoms in total. The van der Waals surface area contributed by atoms with Crippen molar-refractivity contribution in [3.63, 3.8) is 0 Å². The minimum absolute atomic E-state index is 0.758. The van der Waals surface area contributed by atoms with Gasteiger partial charge in [0.25, 0.3) is 0 Å². The summed E-state index contributed by atoms with van der Waals surface area (Å²) in [5, 5.41) is 9.01. The first-order valence-corrected chi connectivity index (χ1v) is 5.34. The van der Waals surface area contributed by atoms with E-state index >= 15 is 0 Å². The molecule has 0 aliphatic rings. The molecule has 3 N–H and O–H groups in total. The summed E-state index contributed by atoms with van der Waals surface area (Å²) in [5.41, 5.74) is 12.0. The number of carboxylic acid groups (broad SMARTS) is 1. The van der Waals surface area contributed by atoms with Crippen molar-refractivity contribution in [2.45, 2.75) is 40.7 Å². The Labute approximate surface area is 96.3 Å². The van der Waals surface area contributed by atoms with E-state index in [1.807, 2.05) is 27.7 Å². The van der Waals surface area contributed by atoms with Gasteiger partial charge >= 0.3 is 5.97 Å². The van der Waals surface area contributed by atoms with Crippen molar-refractivity contribution >= 4 is 5.97 Å². The quantitative estimate of drug-likeness (QED) is 0.805. The molecule has 1 aromatic carbocycles. The number of rotatable bonds is 2. The monoisotopic (exact) mass is 221 g/mol. The highest BCUT2D eigenvalue weighted by Crippen LogP contribution is 2.29. The normalized spacial score (nSPS) is 12.6. The van der Waals surface area contributed by atoms with E-state index in [0.717, 1.165) is 27.8 Å². The highest BCUT2D eigenvalue weighted by atomic mass is 16.4. The predicted molar refractivity (Wildman–Crippen MR) is 64.7 cm³/mol. The fourth-order valence-electron chi connectivity index (χ4n) is 2.12. The van der Waals surface area contributed by atoms with Crippen LogP contribution >= 0.6 is 0 Å². The zero-order chi connectivity index (χ0) is 12.6. The van der Waals surface area contributed by atoms with Crippen LogP contribution in [0.25, 0.3) is 0 Å². The number of aliphatic carboxylic acids is 1. The van der Waals surface area contributed by atoms with Gasteiger partial charge in [0.15, 0.2) is 0 Å².